The van der Waals surface area contributed by atoms with Crippen LogP contribution in [0.15, 0.2) is 108 Å². The van der Waals surface area contributed by atoms with Crippen molar-refractivity contribution in [3.8, 4) is 6.07 Å². The number of aryl methyl sites for hydroxylation is 1. The minimum atomic E-state index is -1.09. The second-order valence-corrected chi connectivity index (χ2v) is 10.9. The van der Waals surface area contributed by atoms with Crippen molar-refractivity contribution in [2.75, 3.05) is 4.90 Å². The number of carbonyl (C=O) groups is 3. The van der Waals surface area contributed by atoms with Crippen molar-refractivity contribution < 1.29 is 14.4 Å². The zero-order valence-electron chi connectivity index (χ0n) is 22.6. The Morgan fingerprint density at radius 2 is 1.48 bits per heavy atom. The molecule has 3 aliphatic carbocycles. The molecule has 1 N–H and O–H groups in total. The smallest absolute Gasteiger partial charge is 0.240 e. The molecule has 1 saturated heterocycles. The van der Waals surface area contributed by atoms with E-state index < -0.39 is 17.3 Å². The Hall–Kier alpha value is -5.35. The molecular weight excluding hydrogens is 524 g/mol. The number of hydrogen-bond acceptors (Lipinski definition) is 5. The molecule has 8 rings (SSSR count). The van der Waals surface area contributed by atoms with Gasteiger partial charge in [-0.1, -0.05) is 91.0 Å². The minimum absolute atomic E-state index is 0.243. The summed E-state index contributed by atoms with van der Waals surface area (Å²) in [6, 6.07) is 34.3. The molecule has 2 bridgehead atoms. The first kappa shape index (κ1) is 25.6. The fourth-order valence-electron chi connectivity index (χ4n) is 7.21. The highest BCUT2D eigenvalue weighted by molar-refractivity contribution is 6.25. The molecule has 0 saturated carbocycles. The van der Waals surface area contributed by atoms with Crippen LogP contribution < -0.4 is 10.3 Å². The quantitative estimate of drug-likeness (QED) is 0.211. The molecule has 42 heavy (non-hydrogen) atoms. The van der Waals surface area contributed by atoms with E-state index in [0.717, 1.165) is 27.8 Å². The molecule has 1 heterocycles. The van der Waals surface area contributed by atoms with Gasteiger partial charge in [0.2, 0.25) is 17.7 Å². The molecule has 0 aromatic heterocycles. The van der Waals surface area contributed by atoms with Crippen LogP contribution in [-0.4, -0.2) is 23.9 Å². The number of hydrogen-bond donors (Lipinski definition) is 1. The number of anilines is 1. The van der Waals surface area contributed by atoms with Crippen LogP contribution in [0.25, 0.3) is 0 Å². The summed E-state index contributed by atoms with van der Waals surface area (Å²) in [5.74, 6) is -2.75. The number of imide groups is 1. The SMILES string of the molecule is N#Cc1ccccc1N1C(=O)[C@@H]2C3c4ccccc4C(/C=N\NC(=O)CCc4ccccc4)(c4ccccc43)[C@H]2C1=O. The first-order valence-corrected chi connectivity index (χ1v) is 14.0. The zero-order valence-corrected chi connectivity index (χ0v) is 22.6. The van der Waals surface area contributed by atoms with E-state index in [4.69, 9.17) is 0 Å². The molecule has 2 atom stereocenters. The van der Waals surface area contributed by atoms with E-state index in [9.17, 15) is 19.6 Å². The van der Waals surface area contributed by atoms with Gasteiger partial charge in [0.25, 0.3) is 0 Å². The number of nitriles is 1. The Kier molecular flexibility index (Phi) is 6.05. The number of para-hydroxylation sites is 1. The Morgan fingerprint density at radius 1 is 0.857 bits per heavy atom. The third kappa shape index (κ3) is 3.65. The normalized spacial score (nSPS) is 23.3. The summed E-state index contributed by atoms with van der Waals surface area (Å²) in [6.07, 6.45) is 2.49. The fraction of sp³-hybridized carbons (Fsp3) is 0.171. The Balaban J connectivity index is 1.33. The van der Waals surface area contributed by atoms with Gasteiger partial charge in [-0.2, -0.15) is 10.4 Å². The maximum absolute atomic E-state index is 14.4. The Bertz CT molecular complexity index is 1780. The number of hydrazone groups is 1. The summed E-state index contributed by atoms with van der Waals surface area (Å²) in [7, 11) is 0. The van der Waals surface area contributed by atoms with E-state index in [0.29, 0.717) is 12.1 Å². The van der Waals surface area contributed by atoms with Gasteiger partial charge in [0.15, 0.2) is 0 Å². The molecule has 0 radical (unpaired) electrons. The molecule has 7 heteroatoms. The molecule has 4 aromatic rings. The highest BCUT2D eigenvalue weighted by Crippen LogP contribution is 2.63. The lowest BCUT2D eigenvalue weighted by Crippen LogP contribution is -2.54. The molecule has 204 valence electrons. The molecule has 0 unspecified atom stereocenters. The topological polar surface area (TPSA) is 103 Å². The first-order chi connectivity index (χ1) is 20.6. The van der Waals surface area contributed by atoms with Crippen LogP contribution in [0, 0.1) is 23.2 Å². The number of nitrogens with zero attached hydrogens (tertiary/aromatic N) is 3. The lowest BCUT2D eigenvalue weighted by atomic mass is 9.47. The van der Waals surface area contributed by atoms with E-state index in [1.807, 2.05) is 78.9 Å². The standard InChI is InChI=1S/C35H26N4O3/c36-20-23-12-4-9-17-28(23)39-33(41)31-30-24-13-5-7-15-26(24)35(32(31)34(39)42,27-16-8-6-14-25(27)30)21-37-38-29(40)19-18-22-10-2-1-3-11-22/h1-17,21,30-32H,18-19H2,(H,38,40)/b37-21-/t30?,31-,32-,35?/m1/s1. The zero-order chi connectivity index (χ0) is 28.8. The third-order valence-corrected chi connectivity index (χ3v) is 8.89. The molecule has 7 nitrogen and oxygen atoms in total. The monoisotopic (exact) mass is 550 g/mol. The van der Waals surface area contributed by atoms with E-state index >= 15 is 0 Å². The molecule has 3 amide bonds. The lowest BCUT2D eigenvalue weighted by Gasteiger charge is -2.52. The fourth-order valence-corrected chi connectivity index (χ4v) is 7.21. The van der Waals surface area contributed by atoms with Gasteiger partial charge in [-0.05, 0) is 46.4 Å². The summed E-state index contributed by atoms with van der Waals surface area (Å²) in [6.45, 7) is 0. The predicted molar refractivity (Wildman–Crippen MR) is 158 cm³/mol. The summed E-state index contributed by atoms with van der Waals surface area (Å²) in [5, 5.41) is 14.2. The van der Waals surface area contributed by atoms with E-state index in [2.05, 4.69) is 16.6 Å². The molecular formula is C35H26N4O3. The average Bonchev–Trinajstić information content (AvgIpc) is 3.31. The summed E-state index contributed by atoms with van der Waals surface area (Å²) in [4.78, 5) is 42.7. The number of benzene rings is 4. The highest BCUT2D eigenvalue weighted by atomic mass is 16.2. The Morgan fingerprint density at radius 3 is 2.17 bits per heavy atom. The van der Waals surface area contributed by atoms with E-state index in [1.54, 1.807) is 30.5 Å². The molecule has 1 fully saturated rings. The van der Waals surface area contributed by atoms with E-state index in [1.165, 1.54) is 4.90 Å². The van der Waals surface area contributed by atoms with Crippen LogP contribution in [0.2, 0.25) is 0 Å². The van der Waals surface area contributed by atoms with Crippen molar-refractivity contribution in [1.82, 2.24) is 5.43 Å². The lowest BCUT2D eigenvalue weighted by molar-refractivity contribution is -0.123. The summed E-state index contributed by atoms with van der Waals surface area (Å²) < 4.78 is 0. The van der Waals surface area contributed by atoms with Crippen molar-refractivity contribution >= 4 is 29.6 Å². The molecule has 1 aliphatic heterocycles. The van der Waals surface area contributed by atoms with Crippen LogP contribution in [0.1, 0.15) is 45.7 Å². The van der Waals surface area contributed by atoms with Gasteiger partial charge in [-0.25, -0.2) is 10.3 Å². The van der Waals surface area contributed by atoms with E-state index in [-0.39, 0.29) is 35.6 Å². The Labute approximate surface area is 243 Å². The van der Waals surface area contributed by atoms with Crippen LogP contribution >= 0.6 is 0 Å². The van der Waals surface area contributed by atoms with Crippen LogP contribution in [0.3, 0.4) is 0 Å². The van der Waals surface area contributed by atoms with Gasteiger partial charge in [-0.3, -0.25) is 14.4 Å². The average molecular weight is 551 g/mol. The number of carbonyl (C=O) groups excluding carboxylic acids is 3. The highest BCUT2D eigenvalue weighted by Gasteiger charge is 2.68. The van der Waals surface area contributed by atoms with Gasteiger partial charge < -0.3 is 0 Å². The van der Waals surface area contributed by atoms with Crippen molar-refractivity contribution in [3.05, 3.63) is 137 Å². The van der Waals surface area contributed by atoms with Gasteiger partial charge >= 0.3 is 0 Å². The van der Waals surface area contributed by atoms with Crippen molar-refractivity contribution in [3.63, 3.8) is 0 Å². The molecule has 4 aliphatic rings. The van der Waals surface area contributed by atoms with Crippen LogP contribution in [0.4, 0.5) is 5.69 Å². The van der Waals surface area contributed by atoms with Crippen molar-refractivity contribution in [2.24, 2.45) is 16.9 Å². The molecule has 0 spiro atoms. The predicted octanol–water partition coefficient (Wildman–Crippen LogP) is 4.84. The maximum atomic E-state index is 14.4. The number of rotatable bonds is 6. The molecule has 4 aromatic carbocycles. The van der Waals surface area contributed by atoms with Gasteiger partial charge in [-0.15, -0.1) is 0 Å². The second kappa shape index (κ2) is 9.93. The first-order valence-electron chi connectivity index (χ1n) is 14.0. The third-order valence-electron chi connectivity index (χ3n) is 8.89. The summed E-state index contributed by atoms with van der Waals surface area (Å²) >= 11 is 0. The van der Waals surface area contributed by atoms with Gasteiger partial charge in [0.05, 0.1) is 28.5 Å². The van der Waals surface area contributed by atoms with Gasteiger partial charge in [0.1, 0.15) is 6.07 Å². The van der Waals surface area contributed by atoms with Crippen molar-refractivity contribution in [1.29, 1.82) is 5.26 Å². The summed E-state index contributed by atoms with van der Waals surface area (Å²) in [5.41, 5.74) is 6.92. The minimum Gasteiger partial charge on any atom is -0.274 e. The maximum Gasteiger partial charge on any atom is 0.240 e. The van der Waals surface area contributed by atoms with Crippen LogP contribution in [0.5, 0.6) is 0 Å². The largest absolute Gasteiger partial charge is 0.274 e. The number of nitrogens with one attached hydrogen (secondary N) is 1. The second-order valence-electron chi connectivity index (χ2n) is 10.9. The number of amides is 3. The van der Waals surface area contributed by atoms with Crippen molar-refractivity contribution in [2.45, 2.75) is 24.2 Å². The van der Waals surface area contributed by atoms with Gasteiger partial charge in [0, 0.05) is 18.6 Å². The van der Waals surface area contributed by atoms with Crippen LogP contribution in [-0.2, 0) is 26.2 Å².